The average molecular weight is 291 g/mol. The van der Waals surface area contributed by atoms with Crippen LogP contribution in [0, 0.1) is 5.41 Å². The molecule has 21 heavy (non-hydrogen) atoms. The van der Waals surface area contributed by atoms with E-state index in [0.717, 1.165) is 12.2 Å². The van der Waals surface area contributed by atoms with Gasteiger partial charge in [0.05, 0.1) is 12.0 Å². The van der Waals surface area contributed by atoms with Crippen molar-refractivity contribution in [2.75, 3.05) is 13.2 Å². The molecule has 0 atom stereocenters. The number of amides is 1. The largest absolute Gasteiger partial charge is 0.494 e. The van der Waals surface area contributed by atoms with E-state index in [1.807, 2.05) is 30.3 Å². The van der Waals surface area contributed by atoms with Crippen molar-refractivity contribution in [2.24, 2.45) is 5.41 Å². The monoisotopic (exact) mass is 291 g/mol. The molecular formula is C16H21NO4. The summed E-state index contributed by atoms with van der Waals surface area (Å²) in [5.41, 5.74) is -0.726. The third-order valence-corrected chi connectivity index (χ3v) is 3.95. The first-order valence-corrected chi connectivity index (χ1v) is 7.30. The second-order valence-electron chi connectivity index (χ2n) is 5.48. The molecule has 0 aliphatic heterocycles. The smallest absolute Gasteiger partial charge is 0.311 e. The van der Waals surface area contributed by atoms with Crippen LogP contribution >= 0.6 is 0 Å². The number of carboxylic acids is 1. The summed E-state index contributed by atoms with van der Waals surface area (Å²) >= 11 is 0. The van der Waals surface area contributed by atoms with Crippen LogP contribution in [0.1, 0.15) is 32.1 Å². The van der Waals surface area contributed by atoms with Crippen LogP contribution in [0.3, 0.4) is 0 Å². The maximum Gasteiger partial charge on any atom is 0.311 e. The predicted octanol–water partition coefficient (Wildman–Crippen LogP) is 2.22. The number of carbonyl (C=O) groups excluding carboxylic acids is 1. The quantitative estimate of drug-likeness (QED) is 0.720. The van der Waals surface area contributed by atoms with Crippen LogP contribution < -0.4 is 10.1 Å². The van der Waals surface area contributed by atoms with E-state index in [9.17, 15) is 9.59 Å². The van der Waals surface area contributed by atoms with Gasteiger partial charge in [-0.1, -0.05) is 24.6 Å². The van der Waals surface area contributed by atoms with Gasteiger partial charge in [0.25, 0.3) is 0 Å². The fourth-order valence-corrected chi connectivity index (χ4v) is 2.37. The number of carbonyl (C=O) groups is 2. The minimum atomic E-state index is -0.804. The van der Waals surface area contributed by atoms with E-state index in [4.69, 9.17) is 9.84 Å². The van der Waals surface area contributed by atoms with E-state index in [2.05, 4.69) is 5.32 Å². The molecule has 0 radical (unpaired) electrons. The van der Waals surface area contributed by atoms with E-state index >= 15 is 0 Å². The van der Waals surface area contributed by atoms with Gasteiger partial charge in [-0.2, -0.15) is 0 Å². The summed E-state index contributed by atoms with van der Waals surface area (Å²) in [6.45, 7) is 0.711. The average Bonchev–Trinajstić information content (AvgIpc) is 2.43. The van der Waals surface area contributed by atoms with Crippen molar-refractivity contribution in [1.82, 2.24) is 5.32 Å². The Bertz CT molecular complexity index is 482. The van der Waals surface area contributed by atoms with Crippen molar-refractivity contribution < 1.29 is 19.4 Å². The summed E-state index contributed by atoms with van der Waals surface area (Å²) in [5, 5.41) is 11.9. The number of hydrogen-bond acceptors (Lipinski definition) is 3. The highest BCUT2D eigenvalue weighted by molar-refractivity contribution is 5.79. The Morgan fingerprint density at radius 2 is 1.95 bits per heavy atom. The fraction of sp³-hybridized carbons (Fsp3) is 0.500. The fourth-order valence-electron chi connectivity index (χ4n) is 2.37. The van der Waals surface area contributed by atoms with Crippen molar-refractivity contribution in [3.63, 3.8) is 0 Å². The van der Waals surface area contributed by atoms with Gasteiger partial charge in [0.15, 0.2) is 0 Å². The first-order valence-electron chi connectivity index (χ1n) is 7.30. The molecule has 1 aromatic rings. The van der Waals surface area contributed by atoms with E-state index in [0.29, 0.717) is 32.3 Å². The Morgan fingerprint density at radius 1 is 1.24 bits per heavy atom. The van der Waals surface area contributed by atoms with E-state index in [1.54, 1.807) is 0 Å². The second kappa shape index (κ2) is 7.11. The van der Waals surface area contributed by atoms with Crippen LogP contribution in [0.25, 0.3) is 0 Å². The Hall–Kier alpha value is -2.04. The highest BCUT2D eigenvalue weighted by Crippen LogP contribution is 2.40. The second-order valence-corrected chi connectivity index (χ2v) is 5.48. The summed E-state index contributed by atoms with van der Waals surface area (Å²) in [7, 11) is 0. The Labute approximate surface area is 124 Å². The van der Waals surface area contributed by atoms with Crippen molar-refractivity contribution in [3.05, 3.63) is 30.3 Å². The number of hydrogen-bond donors (Lipinski definition) is 2. The van der Waals surface area contributed by atoms with Gasteiger partial charge < -0.3 is 15.2 Å². The van der Waals surface area contributed by atoms with Gasteiger partial charge >= 0.3 is 5.97 Å². The standard InChI is InChI=1S/C16H21NO4/c18-14(17-12-16(15(19)20)9-5-10-16)8-4-11-21-13-6-2-1-3-7-13/h1-3,6-7H,4-5,8-12H2,(H,17,18)(H,19,20). The molecule has 1 fully saturated rings. The van der Waals surface area contributed by atoms with E-state index in [1.165, 1.54) is 0 Å². The molecule has 5 heteroatoms. The highest BCUT2D eigenvalue weighted by Gasteiger charge is 2.44. The molecule has 0 bridgehead atoms. The number of rotatable bonds is 8. The van der Waals surface area contributed by atoms with Crippen LogP contribution in [0.5, 0.6) is 5.75 Å². The van der Waals surface area contributed by atoms with Crippen LogP contribution in [0.4, 0.5) is 0 Å². The van der Waals surface area contributed by atoms with E-state index < -0.39 is 11.4 Å². The Kier molecular flexibility index (Phi) is 5.20. The van der Waals surface area contributed by atoms with Gasteiger partial charge in [-0.25, -0.2) is 0 Å². The van der Waals surface area contributed by atoms with Gasteiger partial charge in [0.1, 0.15) is 5.75 Å². The molecule has 1 amide bonds. The van der Waals surface area contributed by atoms with Gasteiger partial charge in [0.2, 0.25) is 5.91 Å². The van der Waals surface area contributed by atoms with Crippen LogP contribution in [0.2, 0.25) is 0 Å². The van der Waals surface area contributed by atoms with Gasteiger partial charge in [0, 0.05) is 13.0 Å². The van der Waals surface area contributed by atoms with Gasteiger partial charge in [-0.05, 0) is 31.4 Å². The maximum absolute atomic E-state index is 11.7. The topological polar surface area (TPSA) is 75.6 Å². The lowest BCUT2D eigenvalue weighted by Crippen LogP contribution is -2.47. The molecule has 114 valence electrons. The zero-order chi connectivity index (χ0) is 15.1. The first kappa shape index (κ1) is 15.4. The normalized spacial score (nSPS) is 15.8. The molecule has 1 aliphatic carbocycles. The van der Waals surface area contributed by atoms with E-state index in [-0.39, 0.29) is 12.5 Å². The lowest BCUT2D eigenvalue weighted by Gasteiger charge is -2.37. The molecule has 5 nitrogen and oxygen atoms in total. The third-order valence-electron chi connectivity index (χ3n) is 3.95. The van der Waals surface area contributed by atoms with Gasteiger partial charge in [-0.15, -0.1) is 0 Å². The summed E-state index contributed by atoms with van der Waals surface area (Å²) in [6.07, 6.45) is 3.19. The molecule has 0 spiro atoms. The summed E-state index contributed by atoms with van der Waals surface area (Å²) in [5.74, 6) is -0.127. The van der Waals surface area contributed by atoms with Crippen LogP contribution in [0.15, 0.2) is 30.3 Å². The lowest BCUT2D eigenvalue weighted by molar-refractivity contribution is -0.154. The van der Waals surface area contributed by atoms with Crippen LogP contribution in [-0.4, -0.2) is 30.1 Å². The number of nitrogens with one attached hydrogen (secondary N) is 1. The first-order chi connectivity index (χ1) is 10.1. The molecule has 0 unspecified atom stereocenters. The highest BCUT2D eigenvalue weighted by atomic mass is 16.5. The molecule has 1 saturated carbocycles. The SMILES string of the molecule is O=C(CCCOc1ccccc1)NCC1(C(=O)O)CCC1. The summed E-state index contributed by atoms with van der Waals surface area (Å²) in [4.78, 5) is 22.9. The van der Waals surface area contributed by atoms with Crippen molar-refractivity contribution >= 4 is 11.9 Å². The van der Waals surface area contributed by atoms with Gasteiger partial charge in [-0.3, -0.25) is 9.59 Å². The number of carboxylic acid groups (broad SMARTS) is 1. The minimum Gasteiger partial charge on any atom is -0.494 e. The molecule has 1 aromatic carbocycles. The lowest BCUT2D eigenvalue weighted by atomic mass is 9.69. The Morgan fingerprint density at radius 3 is 2.52 bits per heavy atom. The maximum atomic E-state index is 11.7. The molecule has 2 rings (SSSR count). The van der Waals surface area contributed by atoms with Crippen molar-refractivity contribution in [1.29, 1.82) is 0 Å². The number of aliphatic carboxylic acids is 1. The molecule has 0 saturated heterocycles. The molecular weight excluding hydrogens is 270 g/mol. The zero-order valence-corrected chi connectivity index (χ0v) is 12.0. The number of ether oxygens (including phenoxy) is 1. The number of para-hydroxylation sites is 1. The third kappa shape index (κ3) is 4.21. The molecule has 1 aliphatic rings. The number of benzene rings is 1. The summed E-state index contributed by atoms with van der Waals surface area (Å²) in [6, 6.07) is 9.44. The molecule has 0 aromatic heterocycles. The Balaban J connectivity index is 1.61. The molecule has 2 N–H and O–H groups in total. The van der Waals surface area contributed by atoms with Crippen molar-refractivity contribution in [3.8, 4) is 5.75 Å². The predicted molar refractivity (Wildman–Crippen MR) is 78.1 cm³/mol. The summed E-state index contributed by atoms with van der Waals surface area (Å²) < 4.78 is 5.50. The van der Waals surface area contributed by atoms with Crippen molar-refractivity contribution in [2.45, 2.75) is 32.1 Å². The van der Waals surface area contributed by atoms with Crippen LogP contribution in [-0.2, 0) is 9.59 Å². The molecule has 0 heterocycles. The zero-order valence-electron chi connectivity index (χ0n) is 12.0. The minimum absolute atomic E-state index is 0.112.